The van der Waals surface area contributed by atoms with Crippen LogP contribution in [0.25, 0.3) is 5.52 Å². The lowest BCUT2D eigenvalue weighted by atomic mass is 9.99. The van der Waals surface area contributed by atoms with E-state index in [2.05, 4.69) is 21.6 Å². The van der Waals surface area contributed by atoms with Gasteiger partial charge in [-0.05, 0) is 30.5 Å². The zero-order chi connectivity index (χ0) is 24.9. The van der Waals surface area contributed by atoms with Crippen molar-refractivity contribution >= 4 is 27.3 Å². The monoisotopic (exact) mass is 503 g/mol. The van der Waals surface area contributed by atoms with E-state index in [0.717, 1.165) is 16.4 Å². The van der Waals surface area contributed by atoms with Crippen LogP contribution in [0.2, 0.25) is 0 Å². The number of nitrogens with one attached hydrogen (secondary N) is 1. The predicted molar refractivity (Wildman–Crippen MR) is 126 cm³/mol. The molecule has 0 radical (unpaired) electrons. The molecule has 1 N–H and O–H groups in total. The molecule has 1 saturated heterocycles. The minimum Gasteiger partial charge on any atom is -0.453 e. The number of halogens is 1. The van der Waals surface area contributed by atoms with Crippen LogP contribution in [0.1, 0.15) is 42.2 Å². The van der Waals surface area contributed by atoms with E-state index in [0.29, 0.717) is 35.0 Å². The molecule has 1 fully saturated rings. The second kappa shape index (κ2) is 8.68. The molecular weight excluding hydrogens is 477 g/mol. The minimum atomic E-state index is -3.97. The van der Waals surface area contributed by atoms with Gasteiger partial charge in [-0.15, -0.1) is 0 Å². The van der Waals surface area contributed by atoms with Gasteiger partial charge < -0.3 is 14.4 Å². The van der Waals surface area contributed by atoms with Crippen LogP contribution in [0, 0.1) is 11.7 Å². The predicted octanol–water partition coefficient (Wildman–Crippen LogP) is 2.72. The van der Waals surface area contributed by atoms with E-state index in [1.165, 1.54) is 29.9 Å². The molecule has 4 heterocycles. The maximum Gasteiger partial charge on any atom is 0.303 e. The van der Waals surface area contributed by atoms with Crippen LogP contribution >= 0.6 is 0 Å². The molecule has 186 valence electrons. The first kappa shape index (κ1) is 23.4. The van der Waals surface area contributed by atoms with Gasteiger partial charge >= 0.3 is 10.2 Å². The van der Waals surface area contributed by atoms with Gasteiger partial charge in [0, 0.05) is 43.7 Å². The highest BCUT2D eigenvalue weighted by Crippen LogP contribution is 2.47. The van der Waals surface area contributed by atoms with Crippen molar-refractivity contribution in [3.8, 4) is 11.5 Å². The Hall–Kier alpha value is -3.38. The molecule has 0 bridgehead atoms. The van der Waals surface area contributed by atoms with E-state index < -0.39 is 21.9 Å². The molecule has 0 spiro atoms. The summed E-state index contributed by atoms with van der Waals surface area (Å²) in [7, 11) is -2.58. The molecule has 12 heteroatoms. The Labute approximate surface area is 202 Å². The molecule has 0 unspecified atom stereocenters. The molecule has 35 heavy (non-hydrogen) atoms. The summed E-state index contributed by atoms with van der Waals surface area (Å²) in [6.45, 7) is 4.76. The Morgan fingerprint density at radius 3 is 2.89 bits per heavy atom. The van der Waals surface area contributed by atoms with Crippen molar-refractivity contribution in [3.63, 3.8) is 0 Å². The SMILES string of the molecule is CCN(C)S(=O)(=O)NC(=O)c1cnn2ccc(N3C[C@@H](C)C[C@@H]3c3cc(F)cc4c3OCO4)cc12. The van der Waals surface area contributed by atoms with Crippen molar-refractivity contribution in [3.05, 3.63) is 53.6 Å². The Morgan fingerprint density at radius 1 is 1.31 bits per heavy atom. The maximum absolute atomic E-state index is 14.4. The van der Waals surface area contributed by atoms with Crippen LogP contribution in [0.5, 0.6) is 11.5 Å². The van der Waals surface area contributed by atoms with Gasteiger partial charge in [-0.25, -0.2) is 13.6 Å². The number of anilines is 1. The van der Waals surface area contributed by atoms with Crippen molar-refractivity contribution in [1.29, 1.82) is 0 Å². The summed E-state index contributed by atoms with van der Waals surface area (Å²) >= 11 is 0. The number of rotatable bonds is 6. The van der Waals surface area contributed by atoms with Gasteiger partial charge in [0.25, 0.3) is 5.91 Å². The van der Waals surface area contributed by atoms with Gasteiger partial charge in [0.2, 0.25) is 6.79 Å². The first-order valence-electron chi connectivity index (χ1n) is 11.3. The highest BCUT2D eigenvalue weighted by Gasteiger charge is 2.36. The number of benzene rings is 1. The summed E-state index contributed by atoms with van der Waals surface area (Å²) in [6, 6.07) is 6.29. The van der Waals surface area contributed by atoms with E-state index in [1.54, 1.807) is 19.2 Å². The fourth-order valence-corrected chi connectivity index (χ4v) is 5.46. The highest BCUT2D eigenvalue weighted by molar-refractivity contribution is 7.87. The summed E-state index contributed by atoms with van der Waals surface area (Å²) in [6.07, 6.45) is 3.83. The third-order valence-corrected chi connectivity index (χ3v) is 8.02. The second-order valence-corrected chi connectivity index (χ2v) is 10.6. The minimum absolute atomic E-state index is 0.0461. The summed E-state index contributed by atoms with van der Waals surface area (Å²) in [5, 5.41) is 4.20. The number of pyridine rings is 1. The Kier molecular flexibility index (Phi) is 5.80. The molecule has 0 aliphatic carbocycles. The number of ether oxygens (including phenoxy) is 2. The van der Waals surface area contributed by atoms with E-state index in [1.807, 2.05) is 6.07 Å². The number of aromatic nitrogens is 2. The van der Waals surface area contributed by atoms with E-state index in [9.17, 15) is 17.6 Å². The standard InChI is InChI=1S/C23H26FN5O5S/c1-4-27(3)35(31,32)26-23(30)18-11-25-29-6-5-16(10-20(18)29)28-12-14(2)7-19(28)17-8-15(24)9-21-22(17)34-13-33-21/h5-6,8-11,14,19H,4,7,12-13H2,1-3H3,(H,26,30)/t14-,19+/m0/s1. The lowest BCUT2D eigenvalue weighted by Gasteiger charge is -2.28. The van der Waals surface area contributed by atoms with E-state index >= 15 is 0 Å². The third-order valence-electron chi connectivity index (χ3n) is 6.49. The normalized spacial score (nSPS) is 19.6. The topological polar surface area (TPSA) is 105 Å². The quantitative estimate of drug-likeness (QED) is 0.551. The molecule has 5 rings (SSSR count). The molecule has 10 nitrogen and oxygen atoms in total. The molecule has 2 aliphatic heterocycles. The zero-order valence-corrected chi connectivity index (χ0v) is 20.4. The number of hydrogen-bond acceptors (Lipinski definition) is 7. The average Bonchev–Trinajstić information content (AvgIpc) is 3.54. The Bertz CT molecular complexity index is 1410. The van der Waals surface area contributed by atoms with Crippen molar-refractivity contribution in [1.82, 2.24) is 18.6 Å². The van der Waals surface area contributed by atoms with Crippen LogP contribution < -0.4 is 19.1 Å². The molecule has 1 amide bonds. The molecule has 2 aromatic heterocycles. The number of carbonyl (C=O) groups excluding carboxylic acids is 1. The first-order chi connectivity index (χ1) is 16.7. The molecular formula is C23H26FN5O5S. The first-order valence-corrected chi connectivity index (χ1v) is 12.7. The van der Waals surface area contributed by atoms with Gasteiger partial charge in [-0.1, -0.05) is 13.8 Å². The lowest BCUT2D eigenvalue weighted by Crippen LogP contribution is -2.41. The van der Waals surface area contributed by atoms with Gasteiger partial charge in [0.1, 0.15) is 5.82 Å². The number of amides is 1. The highest BCUT2D eigenvalue weighted by atomic mass is 32.2. The second-order valence-electron chi connectivity index (χ2n) is 8.86. The third kappa shape index (κ3) is 4.16. The molecule has 0 saturated carbocycles. The molecule has 3 aromatic rings. The van der Waals surface area contributed by atoms with Crippen molar-refractivity contribution < 1.29 is 27.1 Å². The van der Waals surface area contributed by atoms with Gasteiger partial charge in [0.15, 0.2) is 11.5 Å². The van der Waals surface area contributed by atoms with Crippen molar-refractivity contribution in [2.45, 2.75) is 26.3 Å². The maximum atomic E-state index is 14.4. The zero-order valence-electron chi connectivity index (χ0n) is 19.6. The average molecular weight is 504 g/mol. The molecule has 2 atom stereocenters. The Morgan fingerprint density at radius 2 is 2.11 bits per heavy atom. The van der Waals surface area contributed by atoms with Crippen molar-refractivity contribution in [2.24, 2.45) is 5.92 Å². The van der Waals surface area contributed by atoms with Gasteiger partial charge in [-0.2, -0.15) is 17.8 Å². The summed E-state index contributed by atoms with van der Waals surface area (Å²) in [4.78, 5) is 15.0. The smallest absolute Gasteiger partial charge is 0.303 e. The fourth-order valence-electron chi connectivity index (χ4n) is 4.62. The lowest BCUT2D eigenvalue weighted by molar-refractivity contribution is 0.0981. The van der Waals surface area contributed by atoms with Crippen LogP contribution in [0.15, 0.2) is 36.7 Å². The van der Waals surface area contributed by atoms with E-state index in [4.69, 9.17) is 9.47 Å². The number of nitrogens with zero attached hydrogens (tertiary/aromatic N) is 4. The summed E-state index contributed by atoms with van der Waals surface area (Å²) in [5.41, 5.74) is 2.09. The molecule has 1 aromatic carbocycles. The fraction of sp³-hybridized carbons (Fsp3) is 0.391. The van der Waals surface area contributed by atoms with Gasteiger partial charge in [-0.3, -0.25) is 4.79 Å². The largest absolute Gasteiger partial charge is 0.453 e. The van der Waals surface area contributed by atoms with Crippen LogP contribution in [0.3, 0.4) is 0 Å². The van der Waals surface area contributed by atoms with E-state index in [-0.39, 0.29) is 24.9 Å². The molecule has 2 aliphatic rings. The van der Waals surface area contributed by atoms with Crippen LogP contribution in [0.4, 0.5) is 10.1 Å². The van der Waals surface area contributed by atoms with Crippen molar-refractivity contribution in [2.75, 3.05) is 31.8 Å². The Balaban J connectivity index is 1.51. The number of carbonyl (C=O) groups is 1. The van der Waals surface area contributed by atoms with Crippen LogP contribution in [-0.2, 0) is 10.2 Å². The summed E-state index contributed by atoms with van der Waals surface area (Å²) in [5.74, 6) is 0.0959. The number of fused-ring (bicyclic) bond motifs is 2. The van der Waals surface area contributed by atoms with Crippen LogP contribution in [-0.4, -0.2) is 55.2 Å². The number of hydrogen-bond donors (Lipinski definition) is 1. The summed E-state index contributed by atoms with van der Waals surface area (Å²) < 4.78 is 54.8. The van der Waals surface area contributed by atoms with Gasteiger partial charge in [0.05, 0.1) is 23.3 Å².